The lowest BCUT2D eigenvalue weighted by molar-refractivity contribution is 0.515. The summed E-state index contributed by atoms with van der Waals surface area (Å²) in [6, 6.07) is 6.51. The molecule has 0 aliphatic rings. The van der Waals surface area contributed by atoms with Crippen LogP contribution in [0.25, 0.3) is 0 Å². The van der Waals surface area contributed by atoms with Crippen LogP contribution in [0, 0.1) is 17.5 Å². The summed E-state index contributed by atoms with van der Waals surface area (Å²) < 4.78 is 39.9. The first-order valence-corrected chi connectivity index (χ1v) is 5.52. The molecular formula is C13H9ClF3N. The van der Waals surface area contributed by atoms with Crippen LogP contribution in [0.2, 0.25) is 5.02 Å². The molecule has 2 aromatic rings. The summed E-state index contributed by atoms with van der Waals surface area (Å²) in [5, 5.41) is 0.408. The molecule has 0 amide bonds. The van der Waals surface area contributed by atoms with E-state index >= 15 is 0 Å². The Kier molecular flexibility index (Phi) is 3.59. The molecule has 0 saturated carbocycles. The molecule has 0 saturated heterocycles. The quantitative estimate of drug-likeness (QED) is 0.883. The second kappa shape index (κ2) is 5.00. The maximum Gasteiger partial charge on any atom is 0.134 e. The van der Waals surface area contributed by atoms with Gasteiger partial charge in [-0.25, -0.2) is 13.2 Å². The van der Waals surface area contributed by atoms with Crippen molar-refractivity contribution in [1.82, 2.24) is 0 Å². The van der Waals surface area contributed by atoms with Gasteiger partial charge in [-0.15, -0.1) is 0 Å². The summed E-state index contributed by atoms with van der Waals surface area (Å²) in [7, 11) is 0. The van der Waals surface area contributed by atoms with Crippen molar-refractivity contribution in [2.75, 3.05) is 0 Å². The Labute approximate surface area is 107 Å². The zero-order chi connectivity index (χ0) is 13.3. The fraction of sp³-hybridized carbons (Fsp3) is 0.0769. The summed E-state index contributed by atoms with van der Waals surface area (Å²) >= 11 is 5.78. The van der Waals surface area contributed by atoms with Crippen LogP contribution >= 0.6 is 11.6 Å². The van der Waals surface area contributed by atoms with Crippen LogP contribution in [0.15, 0.2) is 36.4 Å². The molecule has 0 radical (unpaired) electrons. The molecule has 0 bridgehead atoms. The van der Waals surface area contributed by atoms with Crippen molar-refractivity contribution in [1.29, 1.82) is 0 Å². The highest BCUT2D eigenvalue weighted by Gasteiger charge is 2.19. The van der Waals surface area contributed by atoms with E-state index in [9.17, 15) is 13.2 Å². The minimum atomic E-state index is -1.04. The van der Waals surface area contributed by atoms with Crippen LogP contribution in [0.1, 0.15) is 17.2 Å². The summed E-state index contributed by atoms with van der Waals surface area (Å²) in [5.41, 5.74) is 5.85. The Bertz CT molecular complexity index is 563. The highest BCUT2D eigenvalue weighted by atomic mass is 35.5. The number of hydrogen-bond acceptors (Lipinski definition) is 1. The van der Waals surface area contributed by atoms with Crippen LogP contribution in [0.5, 0.6) is 0 Å². The fourth-order valence-electron chi connectivity index (χ4n) is 1.72. The molecule has 94 valence electrons. The van der Waals surface area contributed by atoms with Crippen molar-refractivity contribution in [3.05, 3.63) is 70.0 Å². The minimum Gasteiger partial charge on any atom is -0.320 e. The molecule has 0 aliphatic heterocycles. The van der Waals surface area contributed by atoms with E-state index in [1.54, 1.807) is 18.2 Å². The molecule has 5 heteroatoms. The Hall–Kier alpha value is -1.52. The maximum atomic E-state index is 13.6. The van der Waals surface area contributed by atoms with Crippen LogP contribution < -0.4 is 5.73 Å². The van der Waals surface area contributed by atoms with E-state index < -0.39 is 23.5 Å². The first-order valence-electron chi connectivity index (χ1n) is 5.14. The molecule has 2 aromatic carbocycles. The molecule has 0 fully saturated rings. The monoisotopic (exact) mass is 271 g/mol. The molecule has 18 heavy (non-hydrogen) atoms. The van der Waals surface area contributed by atoms with Gasteiger partial charge in [-0.3, -0.25) is 0 Å². The van der Waals surface area contributed by atoms with Gasteiger partial charge in [0, 0.05) is 22.7 Å². The fourth-order valence-corrected chi connectivity index (χ4v) is 1.92. The number of rotatable bonds is 2. The van der Waals surface area contributed by atoms with Crippen LogP contribution in [0.4, 0.5) is 13.2 Å². The normalized spacial score (nSPS) is 12.5. The van der Waals surface area contributed by atoms with Gasteiger partial charge in [0.1, 0.15) is 17.5 Å². The summed E-state index contributed by atoms with van der Waals surface area (Å²) in [5.74, 6) is -3.01. The van der Waals surface area contributed by atoms with Crippen LogP contribution in [0.3, 0.4) is 0 Å². The Morgan fingerprint density at radius 3 is 2.17 bits per heavy atom. The van der Waals surface area contributed by atoms with Crippen molar-refractivity contribution in [3.63, 3.8) is 0 Å². The van der Waals surface area contributed by atoms with E-state index in [4.69, 9.17) is 17.3 Å². The molecule has 1 atom stereocenters. The highest BCUT2D eigenvalue weighted by Crippen LogP contribution is 2.27. The second-order valence-corrected chi connectivity index (χ2v) is 4.25. The summed E-state index contributed by atoms with van der Waals surface area (Å²) in [6.45, 7) is 0. The van der Waals surface area contributed by atoms with Gasteiger partial charge >= 0.3 is 0 Å². The van der Waals surface area contributed by atoms with Crippen molar-refractivity contribution in [2.45, 2.75) is 6.04 Å². The maximum absolute atomic E-state index is 13.6. The van der Waals surface area contributed by atoms with Crippen molar-refractivity contribution < 1.29 is 13.2 Å². The summed E-state index contributed by atoms with van der Waals surface area (Å²) in [6.07, 6.45) is 0. The third-order valence-electron chi connectivity index (χ3n) is 2.56. The molecule has 0 aromatic heterocycles. The van der Waals surface area contributed by atoms with E-state index in [1.807, 2.05) is 0 Å². The Morgan fingerprint density at radius 1 is 1.00 bits per heavy atom. The summed E-state index contributed by atoms with van der Waals surface area (Å²) in [4.78, 5) is 0. The average Bonchev–Trinajstić information content (AvgIpc) is 2.27. The Balaban J connectivity index is 2.49. The van der Waals surface area contributed by atoms with E-state index in [1.165, 1.54) is 6.07 Å². The lowest BCUT2D eigenvalue weighted by Gasteiger charge is -2.14. The molecular weight excluding hydrogens is 263 g/mol. The molecule has 0 aliphatic carbocycles. The smallest absolute Gasteiger partial charge is 0.134 e. The highest BCUT2D eigenvalue weighted by molar-refractivity contribution is 6.30. The van der Waals surface area contributed by atoms with Gasteiger partial charge in [0.05, 0.1) is 6.04 Å². The number of hydrogen-bond donors (Lipinski definition) is 1. The third-order valence-corrected chi connectivity index (χ3v) is 2.80. The minimum absolute atomic E-state index is 0.376. The van der Waals surface area contributed by atoms with Gasteiger partial charge in [0.15, 0.2) is 0 Å². The van der Waals surface area contributed by atoms with Crippen molar-refractivity contribution in [2.24, 2.45) is 5.73 Å². The van der Waals surface area contributed by atoms with E-state index in [2.05, 4.69) is 0 Å². The van der Waals surface area contributed by atoms with Gasteiger partial charge in [0.2, 0.25) is 0 Å². The lowest BCUT2D eigenvalue weighted by Crippen LogP contribution is -2.16. The molecule has 0 spiro atoms. The molecule has 1 nitrogen and oxygen atoms in total. The topological polar surface area (TPSA) is 26.0 Å². The SMILES string of the molecule is NC(c1cccc(Cl)c1)c1c(F)cc(F)cc1F. The van der Waals surface area contributed by atoms with E-state index in [0.717, 1.165) is 0 Å². The standard InChI is InChI=1S/C13H9ClF3N/c14-8-3-1-2-7(4-8)13(18)12-10(16)5-9(15)6-11(12)17/h1-6,13H,18H2. The molecule has 2 rings (SSSR count). The number of halogens is 4. The predicted octanol–water partition coefficient (Wildman–Crippen LogP) is 3.81. The lowest BCUT2D eigenvalue weighted by atomic mass is 9.98. The van der Waals surface area contributed by atoms with E-state index in [-0.39, 0.29) is 5.56 Å². The molecule has 0 heterocycles. The van der Waals surface area contributed by atoms with Gasteiger partial charge in [-0.2, -0.15) is 0 Å². The first kappa shape index (κ1) is 12.9. The number of benzene rings is 2. The second-order valence-electron chi connectivity index (χ2n) is 3.82. The number of nitrogens with two attached hydrogens (primary N) is 1. The van der Waals surface area contributed by atoms with Gasteiger partial charge in [-0.05, 0) is 17.7 Å². The zero-order valence-electron chi connectivity index (χ0n) is 9.13. The predicted molar refractivity (Wildman–Crippen MR) is 63.8 cm³/mol. The Morgan fingerprint density at radius 2 is 1.61 bits per heavy atom. The first-order chi connectivity index (χ1) is 8.49. The van der Waals surface area contributed by atoms with Crippen molar-refractivity contribution >= 4 is 11.6 Å². The van der Waals surface area contributed by atoms with Gasteiger partial charge < -0.3 is 5.73 Å². The van der Waals surface area contributed by atoms with E-state index in [0.29, 0.717) is 22.7 Å². The zero-order valence-corrected chi connectivity index (χ0v) is 9.89. The molecule has 1 unspecified atom stereocenters. The van der Waals surface area contributed by atoms with Crippen molar-refractivity contribution in [3.8, 4) is 0 Å². The van der Waals surface area contributed by atoms with Crippen LogP contribution in [-0.4, -0.2) is 0 Å². The van der Waals surface area contributed by atoms with Crippen LogP contribution in [-0.2, 0) is 0 Å². The molecule has 2 N–H and O–H groups in total. The van der Waals surface area contributed by atoms with Gasteiger partial charge in [0.25, 0.3) is 0 Å². The largest absolute Gasteiger partial charge is 0.320 e. The average molecular weight is 272 g/mol. The van der Waals surface area contributed by atoms with Gasteiger partial charge in [-0.1, -0.05) is 23.7 Å². The third kappa shape index (κ3) is 2.49.